The number of ether oxygens (including phenoxy) is 1. The van der Waals surface area contributed by atoms with Gasteiger partial charge in [-0.3, -0.25) is 0 Å². The fraction of sp³-hybridized carbons (Fsp3) is 0.167. The van der Waals surface area contributed by atoms with E-state index in [9.17, 15) is 0 Å². The van der Waals surface area contributed by atoms with Crippen molar-refractivity contribution in [1.82, 2.24) is 0 Å². The van der Waals surface area contributed by atoms with Gasteiger partial charge in [-0.15, -0.1) is 0 Å². The SMILES string of the molecule is C=CCOc1ccc(C=CCN=[N+]=[N-])cc1. The third kappa shape index (κ3) is 4.35. The van der Waals surface area contributed by atoms with E-state index < -0.39 is 0 Å². The van der Waals surface area contributed by atoms with E-state index in [-0.39, 0.29) is 0 Å². The lowest BCUT2D eigenvalue weighted by atomic mass is 10.2. The largest absolute Gasteiger partial charge is 0.490 e. The average molecular weight is 215 g/mol. The molecule has 0 heterocycles. The van der Waals surface area contributed by atoms with Gasteiger partial charge in [-0.05, 0) is 23.2 Å². The number of benzene rings is 1. The minimum Gasteiger partial charge on any atom is -0.490 e. The van der Waals surface area contributed by atoms with Crippen LogP contribution < -0.4 is 4.74 Å². The molecule has 0 aliphatic heterocycles. The van der Waals surface area contributed by atoms with E-state index in [2.05, 4.69) is 16.6 Å². The summed E-state index contributed by atoms with van der Waals surface area (Å²) in [7, 11) is 0. The lowest BCUT2D eigenvalue weighted by Crippen LogP contribution is -1.91. The van der Waals surface area contributed by atoms with Gasteiger partial charge < -0.3 is 4.74 Å². The molecule has 4 nitrogen and oxygen atoms in total. The Bertz CT molecular complexity index is 403. The summed E-state index contributed by atoms with van der Waals surface area (Å²) in [5.41, 5.74) is 9.12. The molecule has 82 valence electrons. The Balaban J connectivity index is 2.53. The van der Waals surface area contributed by atoms with E-state index >= 15 is 0 Å². The first-order valence-electron chi connectivity index (χ1n) is 4.88. The quantitative estimate of drug-likeness (QED) is 0.309. The van der Waals surface area contributed by atoms with Gasteiger partial charge in [0.15, 0.2) is 0 Å². The van der Waals surface area contributed by atoms with Crippen LogP contribution in [0.2, 0.25) is 0 Å². The van der Waals surface area contributed by atoms with Crippen LogP contribution in [-0.4, -0.2) is 13.2 Å². The van der Waals surface area contributed by atoms with Crippen LogP contribution in [-0.2, 0) is 0 Å². The molecule has 1 aromatic rings. The molecule has 1 rings (SSSR count). The van der Waals surface area contributed by atoms with Crippen LogP contribution in [0.4, 0.5) is 0 Å². The normalized spacial score (nSPS) is 9.75. The number of hydrogen-bond acceptors (Lipinski definition) is 2. The molecule has 16 heavy (non-hydrogen) atoms. The summed E-state index contributed by atoms with van der Waals surface area (Å²) in [5, 5.41) is 3.40. The van der Waals surface area contributed by atoms with Crippen molar-refractivity contribution in [3.05, 3.63) is 59.0 Å². The molecule has 0 saturated carbocycles. The fourth-order valence-corrected chi connectivity index (χ4v) is 1.10. The molecule has 0 fully saturated rings. The Hall–Kier alpha value is -2.19. The molecule has 0 spiro atoms. The van der Waals surface area contributed by atoms with Gasteiger partial charge in [0.2, 0.25) is 0 Å². The van der Waals surface area contributed by atoms with Crippen LogP contribution in [0.3, 0.4) is 0 Å². The second-order valence-electron chi connectivity index (χ2n) is 2.98. The standard InChI is InChI=1S/C12H13N3O/c1-2-10-16-12-7-5-11(6-8-12)4-3-9-14-15-13/h2-8H,1,9-10H2. The molecule has 0 aliphatic rings. The van der Waals surface area contributed by atoms with Crippen molar-refractivity contribution in [2.24, 2.45) is 5.11 Å². The third-order valence-corrected chi connectivity index (χ3v) is 1.81. The predicted molar refractivity (Wildman–Crippen MR) is 65.2 cm³/mol. The monoisotopic (exact) mass is 215 g/mol. The molecule has 0 amide bonds. The van der Waals surface area contributed by atoms with Gasteiger partial charge in [-0.1, -0.05) is 42.1 Å². The molecular formula is C12H13N3O. The second kappa shape index (κ2) is 7.15. The van der Waals surface area contributed by atoms with Crippen LogP contribution in [0, 0.1) is 0 Å². The molecule has 0 saturated heterocycles. The zero-order valence-corrected chi connectivity index (χ0v) is 8.91. The maximum absolute atomic E-state index is 8.08. The summed E-state index contributed by atoms with van der Waals surface area (Å²) in [4.78, 5) is 2.66. The first-order chi connectivity index (χ1) is 7.86. The smallest absolute Gasteiger partial charge is 0.119 e. The highest BCUT2D eigenvalue weighted by Gasteiger charge is 1.91. The molecule has 0 bridgehead atoms. The number of rotatable bonds is 6. The zero-order valence-electron chi connectivity index (χ0n) is 8.91. The van der Waals surface area contributed by atoms with Gasteiger partial charge in [0.05, 0.1) is 0 Å². The highest BCUT2D eigenvalue weighted by molar-refractivity contribution is 5.50. The van der Waals surface area contributed by atoms with Crippen molar-refractivity contribution >= 4 is 6.08 Å². The minimum atomic E-state index is 0.366. The summed E-state index contributed by atoms with van der Waals surface area (Å²) < 4.78 is 5.34. The Morgan fingerprint density at radius 3 is 2.75 bits per heavy atom. The van der Waals surface area contributed by atoms with Crippen LogP contribution in [0.5, 0.6) is 5.75 Å². The highest BCUT2D eigenvalue weighted by Crippen LogP contribution is 2.13. The minimum absolute atomic E-state index is 0.366. The molecular weight excluding hydrogens is 202 g/mol. The molecule has 4 heteroatoms. The van der Waals surface area contributed by atoms with Gasteiger partial charge >= 0.3 is 0 Å². The molecule has 1 aromatic carbocycles. The average Bonchev–Trinajstić information content (AvgIpc) is 2.33. The predicted octanol–water partition coefficient (Wildman–Crippen LogP) is 3.57. The maximum Gasteiger partial charge on any atom is 0.119 e. The summed E-state index contributed by atoms with van der Waals surface area (Å²) in [6, 6.07) is 7.64. The molecule has 0 atom stereocenters. The summed E-state index contributed by atoms with van der Waals surface area (Å²) in [5.74, 6) is 0.812. The summed E-state index contributed by atoms with van der Waals surface area (Å²) >= 11 is 0. The van der Waals surface area contributed by atoms with Crippen molar-refractivity contribution in [3.63, 3.8) is 0 Å². The van der Waals surface area contributed by atoms with E-state index in [1.165, 1.54) is 0 Å². The van der Waals surface area contributed by atoms with Gasteiger partial charge in [-0.25, -0.2) is 0 Å². The molecule has 0 aromatic heterocycles. The molecule has 0 unspecified atom stereocenters. The molecule has 0 radical (unpaired) electrons. The van der Waals surface area contributed by atoms with Gasteiger partial charge in [0, 0.05) is 11.5 Å². The van der Waals surface area contributed by atoms with Crippen LogP contribution in [0.15, 0.2) is 48.1 Å². The lowest BCUT2D eigenvalue weighted by Gasteiger charge is -2.02. The molecule has 0 N–H and O–H groups in total. The summed E-state index contributed by atoms with van der Waals surface area (Å²) in [6.45, 7) is 4.45. The maximum atomic E-state index is 8.08. The van der Waals surface area contributed by atoms with Crippen molar-refractivity contribution in [3.8, 4) is 5.75 Å². The van der Waals surface area contributed by atoms with Crippen LogP contribution in [0.1, 0.15) is 5.56 Å². The van der Waals surface area contributed by atoms with Crippen molar-refractivity contribution in [1.29, 1.82) is 0 Å². The lowest BCUT2D eigenvalue weighted by molar-refractivity contribution is 0.363. The fourth-order valence-electron chi connectivity index (χ4n) is 1.10. The van der Waals surface area contributed by atoms with Gasteiger partial charge in [-0.2, -0.15) is 0 Å². The first-order valence-corrected chi connectivity index (χ1v) is 4.88. The van der Waals surface area contributed by atoms with Crippen LogP contribution >= 0.6 is 0 Å². The number of azide groups is 1. The van der Waals surface area contributed by atoms with Crippen molar-refractivity contribution in [2.45, 2.75) is 0 Å². The summed E-state index contributed by atoms with van der Waals surface area (Å²) in [6.07, 6.45) is 5.40. The van der Waals surface area contributed by atoms with E-state index in [0.29, 0.717) is 13.2 Å². The van der Waals surface area contributed by atoms with Crippen LogP contribution in [0.25, 0.3) is 16.5 Å². The third-order valence-electron chi connectivity index (χ3n) is 1.81. The topological polar surface area (TPSA) is 58.0 Å². The van der Waals surface area contributed by atoms with E-state index in [4.69, 9.17) is 10.3 Å². The second-order valence-corrected chi connectivity index (χ2v) is 2.98. The number of hydrogen-bond donors (Lipinski definition) is 0. The van der Waals surface area contributed by atoms with Crippen molar-refractivity contribution in [2.75, 3.05) is 13.2 Å². The first kappa shape index (κ1) is 11.9. The van der Waals surface area contributed by atoms with Gasteiger partial charge in [0.25, 0.3) is 0 Å². The van der Waals surface area contributed by atoms with E-state index in [0.717, 1.165) is 11.3 Å². The Kier molecular flexibility index (Phi) is 5.31. The number of nitrogens with zero attached hydrogens (tertiary/aromatic N) is 3. The zero-order chi connectivity index (χ0) is 11.6. The Morgan fingerprint density at radius 1 is 1.38 bits per heavy atom. The van der Waals surface area contributed by atoms with Crippen molar-refractivity contribution < 1.29 is 4.74 Å². The molecule has 0 aliphatic carbocycles. The Labute approximate surface area is 94.5 Å². The van der Waals surface area contributed by atoms with E-state index in [1.54, 1.807) is 12.2 Å². The Morgan fingerprint density at radius 2 is 2.12 bits per heavy atom. The van der Waals surface area contributed by atoms with Gasteiger partial charge in [0.1, 0.15) is 12.4 Å². The van der Waals surface area contributed by atoms with E-state index in [1.807, 2.05) is 30.3 Å². The highest BCUT2D eigenvalue weighted by atomic mass is 16.5.